The molecule has 0 saturated carbocycles. The smallest absolute Gasteiger partial charge is 0.0995 e. The summed E-state index contributed by atoms with van der Waals surface area (Å²) in [7, 11) is 0. The maximum atomic E-state index is 9.05. The summed E-state index contributed by atoms with van der Waals surface area (Å²) < 4.78 is 0. The average Bonchev–Trinajstić information content (AvgIpc) is 2.33. The Morgan fingerprint density at radius 2 is 2.38 bits per heavy atom. The molecule has 0 amide bonds. The van der Waals surface area contributed by atoms with Crippen LogP contribution in [-0.4, -0.2) is 13.1 Å². The largest absolute Gasteiger partial charge is 0.316 e. The molecule has 0 radical (unpaired) electrons. The first-order valence-corrected chi connectivity index (χ1v) is 6.06. The molecule has 2 nitrogen and oxygen atoms in total. The highest BCUT2D eigenvalue weighted by molar-refractivity contribution is 6.30. The Morgan fingerprint density at radius 1 is 1.50 bits per heavy atom. The van der Waals surface area contributed by atoms with E-state index in [1.165, 1.54) is 12.8 Å². The van der Waals surface area contributed by atoms with Crippen molar-refractivity contribution in [2.75, 3.05) is 13.1 Å². The van der Waals surface area contributed by atoms with E-state index < -0.39 is 0 Å². The van der Waals surface area contributed by atoms with Gasteiger partial charge in [0, 0.05) is 5.02 Å². The minimum absolute atomic E-state index is 0.641. The molecule has 0 spiro atoms. The third-order valence-corrected chi connectivity index (χ3v) is 3.33. The molecule has 1 unspecified atom stereocenters. The molecule has 1 fully saturated rings. The van der Waals surface area contributed by atoms with Gasteiger partial charge in [0.15, 0.2) is 0 Å². The molecule has 1 heterocycles. The van der Waals surface area contributed by atoms with E-state index in [9.17, 15) is 0 Å². The molecule has 1 atom stereocenters. The summed E-state index contributed by atoms with van der Waals surface area (Å²) in [5, 5.41) is 13.1. The third kappa shape index (κ3) is 2.75. The molecule has 0 aliphatic carbocycles. The van der Waals surface area contributed by atoms with Crippen molar-refractivity contribution >= 4 is 11.6 Å². The van der Waals surface area contributed by atoms with Crippen molar-refractivity contribution in [2.24, 2.45) is 5.92 Å². The van der Waals surface area contributed by atoms with Gasteiger partial charge in [0.1, 0.15) is 0 Å². The van der Waals surface area contributed by atoms with Crippen LogP contribution in [0.4, 0.5) is 0 Å². The molecule has 1 aromatic rings. The normalized spacial score (nSPS) is 20.4. The molecule has 16 heavy (non-hydrogen) atoms. The van der Waals surface area contributed by atoms with E-state index in [0.717, 1.165) is 30.6 Å². The van der Waals surface area contributed by atoms with Gasteiger partial charge in [0.05, 0.1) is 11.6 Å². The number of rotatable bonds is 2. The fraction of sp³-hybridized carbons (Fsp3) is 0.462. The number of nitriles is 1. The molecule has 1 aliphatic heterocycles. The van der Waals surface area contributed by atoms with Crippen molar-refractivity contribution in [3.8, 4) is 6.07 Å². The van der Waals surface area contributed by atoms with E-state index in [2.05, 4.69) is 11.4 Å². The molecule has 1 N–H and O–H groups in total. The molecule has 0 aromatic heterocycles. The molecular weight excluding hydrogens is 220 g/mol. The van der Waals surface area contributed by atoms with Crippen LogP contribution in [0.3, 0.4) is 0 Å². The lowest BCUT2D eigenvalue weighted by molar-refractivity contribution is 0.376. The predicted octanol–water partition coefficient (Wildman–Crippen LogP) is 2.75. The molecule has 3 heteroatoms. The van der Waals surface area contributed by atoms with Gasteiger partial charge in [0.2, 0.25) is 0 Å². The van der Waals surface area contributed by atoms with Gasteiger partial charge in [-0.25, -0.2) is 0 Å². The van der Waals surface area contributed by atoms with E-state index in [1.807, 2.05) is 12.1 Å². The molecule has 1 aliphatic rings. The summed E-state index contributed by atoms with van der Waals surface area (Å²) in [6.45, 7) is 2.19. The Labute approximate surface area is 101 Å². The molecule has 1 saturated heterocycles. The highest BCUT2D eigenvalue weighted by atomic mass is 35.5. The summed E-state index contributed by atoms with van der Waals surface area (Å²) in [5.41, 5.74) is 1.85. The van der Waals surface area contributed by atoms with Crippen LogP contribution in [0.5, 0.6) is 0 Å². The van der Waals surface area contributed by atoms with Gasteiger partial charge in [0.25, 0.3) is 0 Å². The van der Waals surface area contributed by atoms with E-state index in [-0.39, 0.29) is 0 Å². The van der Waals surface area contributed by atoms with Gasteiger partial charge in [-0.1, -0.05) is 17.7 Å². The Kier molecular flexibility index (Phi) is 3.82. The Bertz CT molecular complexity index is 403. The number of nitrogens with one attached hydrogen (secondary N) is 1. The lowest BCUT2D eigenvalue weighted by atomic mass is 9.90. The second-order valence-electron chi connectivity index (χ2n) is 4.33. The van der Waals surface area contributed by atoms with Crippen LogP contribution >= 0.6 is 11.6 Å². The summed E-state index contributed by atoms with van der Waals surface area (Å²) in [6, 6.07) is 7.83. The van der Waals surface area contributed by atoms with Gasteiger partial charge in [-0.2, -0.15) is 5.26 Å². The SMILES string of the molecule is N#Cc1cc(Cl)ccc1CC1CCCNC1. The summed E-state index contributed by atoms with van der Waals surface area (Å²) in [5.74, 6) is 0.655. The van der Waals surface area contributed by atoms with E-state index in [4.69, 9.17) is 16.9 Å². The number of piperidine rings is 1. The zero-order chi connectivity index (χ0) is 11.4. The maximum Gasteiger partial charge on any atom is 0.0995 e. The van der Waals surface area contributed by atoms with Crippen LogP contribution in [0.15, 0.2) is 18.2 Å². The Morgan fingerprint density at radius 3 is 3.06 bits per heavy atom. The highest BCUT2D eigenvalue weighted by Gasteiger charge is 2.15. The molecule has 0 bridgehead atoms. The number of benzene rings is 1. The van der Waals surface area contributed by atoms with Gasteiger partial charge in [-0.05, 0) is 56.0 Å². The number of hydrogen-bond acceptors (Lipinski definition) is 2. The van der Waals surface area contributed by atoms with Crippen LogP contribution in [0, 0.1) is 17.2 Å². The van der Waals surface area contributed by atoms with Gasteiger partial charge in [-0.15, -0.1) is 0 Å². The van der Waals surface area contributed by atoms with Gasteiger partial charge >= 0.3 is 0 Å². The first-order valence-electron chi connectivity index (χ1n) is 5.69. The summed E-state index contributed by atoms with van der Waals surface area (Å²) in [4.78, 5) is 0. The maximum absolute atomic E-state index is 9.05. The van der Waals surface area contributed by atoms with Crippen LogP contribution in [-0.2, 0) is 6.42 Å². The first kappa shape index (κ1) is 11.4. The fourth-order valence-corrected chi connectivity index (χ4v) is 2.41. The summed E-state index contributed by atoms with van der Waals surface area (Å²) >= 11 is 5.87. The van der Waals surface area contributed by atoms with Crippen LogP contribution in [0.2, 0.25) is 5.02 Å². The van der Waals surface area contributed by atoms with Crippen LogP contribution in [0.25, 0.3) is 0 Å². The van der Waals surface area contributed by atoms with E-state index in [1.54, 1.807) is 6.07 Å². The molecule has 84 valence electrons. The van der Waals surface area contributed by atoms with Crippen LogP contribution in [0.1, 0.15) is 24.0 Å². The second-order valence-corrected chi connectivity index (χ2v) is 4.77. The third-order valence-electron chi connectivity index (χ3n) is 3.10. The highest BCUT2D eigenvalue weighted by Crippen LogP contribution is 2.21. The lowest BCUT2D eigenvalue weighted by Gasteiger charge is -2.23. The van der Waals surface area contributed by atoms with Crippen molar-refractivity contribution in [1.82, 2.24) is 5.32 Å². The minimum Gasteiger partial charge on any atom is -0.316 e. The average molecular weight is 235 g/mol. The second kappa shape index (κ2) is 5.34. The topological polar surface area (TPSA) is 35.8 Å². The van der Waals surface area contributed by atoms with Gasteiger partial charge < -0.3 is 5.32 Å². The van der Waals surface area contributed by atoms with Crippen LogP contribution < -0.4 is 5.32 Å². The predicted molar refractivity (Wildman–Crippen MR) is 65.5 cm³/mol. The fourth-order valence-electron chi connectivity index (χ4n) is 2.24. The summed E-state index contributed by atoms with van der Waals surface area (Å²) in [6.07, 6.45) is 3.47. The van der Waals surface area contributed by atoms with Crippen molar-refractivity contribution in [3.63, 3.8) is 0 Å². The van der Waals surface area contributed by atoms with Crippen molar-refractivity contribution in [2.45, 2.75) is 19.3 Å². The lowest BCUT2D eigenvalue weighted by Crippen LogP contribution is -2.30. The number of hydrogen-bond donors (Lipinski definition) is 1. The standard InChI is InChI=1S/C13H15ClN2/c14-13-4-3-11(12(7-13)8-15)6-10-2-1-5-16-9-10/h3-4,7,10,16H,1-2,5-6,9H2. The Balaban J connectivity index is 2.11. The zero-order valence-electron chi connectivity index (χ0n) is 9.17. The molecule has 2 rings (SSSR count). The van der Waals surface area contributed by atoms with Crippen molar-refractivity contribution in [1.29, 1.82) is 5.26 Å². The van der Waals surface area contributed by atoms with Crippen molar-refractivity contribution < 1.29 is 0 Å². The Hall–Kier alpha value is -1.04. The number of halogens is 1. The first-order chi connectivity index (χ1) is 7.79. The van der Waals surface area contributed by atoms with E-state index in [0.29, 0.717) is 10.9 Å². The zero-order valence-corrected chi connectivity index (χ0v) is 9.93. The van der Waals surface area contributed by atoms with E-state index >= 15 is 0 Å². The minimum atomic E-state index is 0.641. The quantitative estimate of drug-likeness (QED) is 0.854. The molecule has 1 aromatic carbocycles. The molecular formula is C13H15ClN2. The van der Waals surface area contributed by atoms with Gasteiger partial charge in [-0.3, -0.25) is 0 Å². The number of nitrogens with zero attached hydrogens (tertiary/aromatic N) is 1. The van der Waals surface area contributed by atoms with Crippen molar-refractivity contribution in [3.05, 3.63) is 34.3 Å². The monoisotopic (exact) mass is 234 g/mol.